The van der Waals surface area contributed by atoms with Crippen LogP contribution < -0.4 is 32.3 Å². The molecule has 0 bridgehead atoms. The minimum atomic E-state index is -1.06. The van der Waals surface area contributed by atoms with Crippen molar-refractivity contribution in [2.75, 3.05) is 19.6 Å². The number of nitrogens with zero attached hydrogens (tertiary/aromatic N) is 1. The minimum Gasteiger partial charge on any atom is -0.368 e. The second-order valence-corrected chi connectivity index (χ2v) is 12.1. The molecule has 1 aromatic rings. The van der Waals surface area contributed by atoms with E-state index in [2.05, 4.69) is 43.5 Å². The number of nitrogens with one attached hydrogen (secondary N) is 6. The number of nitrogens with two attached hydrogens (primary N) is 1. The van der Waals surface area contributed by atoms with Gasteiger partial charge in [-0.2, -0.15) is 0 Å². The van der Waals surface area contributed by atoms with Gasteiger partial charge in [0, 0.05) is 24.7 Å². The van der Waals surface area contributed by atoms with Crippen molar-refractivity contribution in [3.63, 3.8) is 0 Å². The first-order chi connectivity index (χ1) is 22.6. The van der Waals surface area contributed by atoms with Crippen LogP contribution in [0.4, 0.5) is 0 Å². The van der Waals surface area contributed by atoms with Gasteiger partial charge >= 0.3 is 0 Å². The Morgan fingerprint density at radius 2 is 1.19 bits per heavy atom. The summed E-state index contributed by atoms with van der Waals surface area (Å²) in [7, 11) is 0. The molecule has 1 rings (SSSR count). The normalized spacial score (nSPS) is 12.0. The molecule has 14 heteroatoms. The monoisotopic (exact) mass is 662 g/mol. The number of aromatic nitrogens is 2. The van der Waals surface area contributed by atoms with E-state index in [-0.39, 0.29) is 18.9 Å². The quantitative estimate of drug-likeness (QED) is 0.0662. The second kappa shape index (κ2) is 26.1. The van der Waals surface area contributed by atoms with Crippen LogP contribution in [-0.2, 0) is 35.2 Å². The van der Waals surface area contributed by atoms with E-state index in [0.29, 0.717) is 12.1 Å². The zero-order valence-corrected chi connectivity index (χ0v) is 28.4. The molecule has 1 aromatic heterocycles. The van der Waals surface area contributed by atoms with Crippen molar-refractivity contribution in [2.24, 2.45) is 5.73 Å². The van der Waals surface area contributed by atoms with E-state index in [1.807, 2.05) is 0 Å². The number of rotatable bonds is 28. The van der Waals surface area contributed by atoms with Crippen molar-refractivity contribution in [2.45, 2.75) is 135 Å². The molecule has 6 amide bonds. The molecule has 8 N–H and O–H groups in total. The average Bonchev–Trinajstić information content (AvgIpc) is 3.56. The maximum atomic E-state index is 12.4. The fourth-order valence-corrected chi connectivity index (χ4v) is 4.97. The highest BCUT2D eigenvalue weighted by Crippen LogP contribution is 2.13. The van der Waals surface area contributed by atoms with E-state index < -0.39 is 54.7 Å². The van der Waals surface area contributed by atoms with E-state index >= 15 is 0 Å². The maximum Gasteiger partial charge on any atom is 0.243 e. The Balaban J connectivity index is 2.15. The van der Waals surface area contributed by atoms with Crippen molar-refractivity contribution in [3.8, 4) is 0 Å². The zero-order chi connectivity index (χ0) is 34.7. The first-order valence-electron chi connectivity index (χ1n) is 17.3. The van der Waals surface area contributed by atoms with E-state index in [9.17, 15) is 28.8 Å². The summed E-state index contributed by atoms with van der Waals surface area (Å²) in [5.41, 5.74) is 5.63. The fourth-order valence-electron chi connectivity index (χ4n) is 4.97. The van der Waals surface area contributed by atoms with Crippen LogP contribution in [0.2, 0.25) is 0 Å². The summed E-state index contributed by atoms with van der Waals surface area (Å²) in [6.45, 7) is 2.57. The van der Waals surface area contributed by atoms with Crippen LogP contribution >= 0.6 is 0 Å². The molecule has 2 atom stereocenters. The molecule has 47 heavy (non-hydrogen) atoms. The first kappa shape index (κ1) is 41.1. The van der Waals surface area contributed by atoms with Gasteiger partial charge in [-0.05, 0) is 13.3 Å². The third-order valence-corrected chi connectivity index (χ3v) is 7.71. The molecule has 0 unspecified atom stereocenters. The van der Waals surface area contributed by atoms with Gasteiger partial charge < -0.3 is 37.3 Å². The summed E-state index contributed by atoms with van der Waals surface area (Å²) in [6.07, 6.45) is 22.0. The lowest BCUT2D eigenvalue weighted by Crippen LogP contribution is -2.53. The molecular weight excluding hydrogens is 604 g/mol. The molecule has 0 aliphatic heterocycles. The maximum absolute atomic E-state index is 12.4. The molecule has 0 aliphatic carbocycles. The molecule has 1 heterocycles. The van der Waals surface area contributed by atoms with Crippen LogP contribution in [0.25, 0.3) is 0 Å². The minimum absolute atomic E-state index is 0.0574. The Kier molecular flexibility index (Phi) is 22.8. The van der Waals surface area contributed by atoms with Gasteiger partial charge in [-0.3, -0.25) is 28.8 Å². The van der Waals surface area contributed by atoms with Gasteiger partial charge in [-0.15, -0.1) is 0 Å². The molecular formula is C33H58N8O6. The fraction of sp³-hybridized carbons (Fsp3) is 0.727. The highest BCUT2D eigenvalue weighted by atomic mass is 16.2. The van der Waals surface area contributed by atoms with Crippen LogP contribution in [0.3, 0.4) is 0 Å². The number of imidazole rings is 1. The highest BCUT2D eigenvalue weighted by molar-refractivity contribution is 5.93. The molecule has 14 nitrogen and oxygen atoms in total. The van der Waals surface area contributed by atoms with Gasteiger partial charge in [0.2, 0.25) is 35.4 Å². The summed E-state index contributed by atoms with van der Waals surface area (Å²) in [4.78, 5) is 79.3. The smallest absolute Gasteiger partial charge is 0.243 e. The van der Waals surface area contributed by atoms with Gasteiger partial charge in [-0.1, -0.05) is 96.8 Å². The van der Waals surface area contributed by atoms with Crippen LogP contribution in [0, 0.1) is 0 Å². The number of hydrogen-bond acceptors (Lipinski definition) is 7. The lowest BCUT2D eigenvalue weighted by Gasteiger charge is -2.18. The molecule has 0 fully saturated rings. The van der Waals surface area contributed by atoms with Crippen molar-refractivity contribution >= 4 is 35.4 Å². The van der Waals surface area contributed by atoms with Crippen molar-refractivity contribution < 1.29 is 28.8 Å². The van der Waals surface area contributed by atoms with Crippen LogP contribution in [-0.4, -0.2) is 77.1 Å². The third-order valence-electron chi connectivity index (χ3n) is 7.71. The zero-order valence-electron chi connectivity index (χ0n) is 28.4. The number of amides is 6. The Bertz CT molecular complexity index is 1070. The number of unbranched alkanes of at least 4 members (excludes halogenated alkanes) is 14. The first-order valence-corrected chi connectivity index (χ1v) is 17.3. The number of carbonyl (C=O) groups excluding carboxylic acids is 6. The summed E-state index contributed by atoms with van der Waals surface area (Å²) < 4.78 is 0. The lowest BCUT2D eigenvalue weighted by molar-refractivity contribution is -0.131. The Morgan fingerprint density at radius 1 is 0.681 bits per heavy atom. The van der Waals surface area contributed by atoms with Crippen LogP contribution in [0.15, 0.2) is 12.5 Å². The Labute approximate surface area is 279 Å². The topological polar surface area (TPSA) is 217 Å². The number of hydrogen-bond donors (Lipinski definition) is 7. The number of H-pyrrole nitrogens is 1. The third kappa shape index (κ3) is 22.2. The molecule has 0 aromatic carbocycles. The average molecular weight is 663 g/mol. The van der Waals surface area contributed by atoms with Gasteiger partial charge in [0.1, 0.15) is 12.1 Å². The number of carbonyl (C=O) groups is 6. The van der Waals surface area contributed by atoms with Gasteiger partial charge in [0.15, 0.2) is 0 Å². The molecule has 0 spiro atoms. The SMILES string of the molecule is CCCCCCCCCCCCCCCCCC(=O)NCC(=O)N[C@@H](C)C(=O)NCC(=O)N[C@@H](Cc1cnc[nH]1)C(=O)NCC(N)=O. The van der Waals surface area contributed by atoms with Gasteiger partial charge in [-0.25, -0.2) is 4.98 Å². The lowest BCUT2D eigenvalue weighted by atomic mass is 10.0. The number of primary amides is 1. The van der Waals surface area contributed by atoms with Crippen molar-refractivity contribution in [3.05, 3.63) is 18.2 Å². The summed E-state index contributed by atoms with van der Waals surface area (Å²) in [5, 5.41) is 12.3. The van der Waals surface area contributed by atoms with Gasteiger partial charge in [0.05, 0.1) is 26.0 Å². The molecule has 266 valence electrons. The van der Waals surface area contributed by atoms with E-state index in [1.54, 1.807) is 0 Å². The van der Waals surface area contributed by atoms with Crippen LogP contribution in [0.5, 0.6) is 0 Å². The van der Waals surface area contributed by atoms with E-state index in [0.717, 1.165) is 19.3 Å². The van der Waals surface area contributed by atoms with E-state index in [4.69, 9.17) is 5.73 Å². The predicted molar refractivity (Wildman–Crippen MR) is 180 cm³/mol. The number of aromatic amines is 1. The Hall–Kier alpha value is -3.97. The van der Waals surface area contributed by atoms with Gasteiger partial charge in [0.25, 0.3) is 0 Å². The van der Waals surface area contributed by atoms with E-state index in [1.165, 1.54) is 96.5 Å². The largest absolute Gasteiger partial charge is 0.368 e. The summed E-state index contributed by atoms with van der Waals surface area (Å²) in [6, 6.07) is -2.03. The predicted octanol–water partition coefficient (Wildman–Crippen LogP) is 2.04. The molecule has 0 saturated carbocycles. The second-order valence-electron chi connectivity index (χ2n) is 12.1. The molecule has 0 aliphatic rings. The standard InChI is InChI=1S/C33H58N8O6/c1-3-4-5-6-7-8-9-10-11-12-13-14-15-16-17-18-29(43)36-22-30(44)40-25(2)32(46)38-23-31(45)41-27(19-26-20-35-24-39-26)33(47)37-21-28(34)42/h20,24-25,27H,3-19,21-23H2,1-2H3,(H2,34,42)(H,35,39)(H,36,43)(H,37,47)(H,38,46)(H,40,44)(H,41,45)/t25-,27-/m0/s1. The van der Waals surface area contributed by atoms with Crippen molar-refractivity contribution in [1.82, 2.24) is 36.6 Å². The highest BCUT2D eigenvalue weighted by Gasteiger charge is 2.23. The van der Waals surface area contributed by atoms with Crippen LogP contribution in [0.1, 0.15) is 122 Å². The summed E-state index contributed by atoms with van der Waals surface area (Å²) >= 11 is 0. The van der Waals surface area contributed by atoms with Crippen molar-refractivity contribution in [1.29, 1.82) is 0 Å². The molecule has 0 radical (unpaired) electrons. The Morgan fingerprint density at radius 3 is 1.72 bits per heavy atom. The summed E-state index contributed by atoms with van der Waals surface area (Å²) in [5.74, 6) is -3.42. The molecule has 0 saturated heterocycles.